The molecule has 1 atom stereocenters. The van der Waals surface area contributed by atoms with Crippen molar-refractivity contribution >= 4 is 11.8 Å². The summed E-state index contributed by atoms with van der Waals surface area (Å²) < 4.78 is 0. The van der Waals surface area contributed by atoms with Gasteiger partial charge in [-0.2, -0.15) is 0 Å². The average Bonchev–Trinajstić information content (AvgIpc) is 2.59. The molecule has 2 heterocycles. The van der Waals surface area contributed by atoms with Gasteiger partial charge in [0.2, 0.25) is 0 Å². The number of hydrogen-bond donors (Lipinski definition) is 2. The zero-order valence-corrected chi connectivity index (χ0v) is 6.45. The zero-order valence-electron chi connectivity index (χ0n) is 5.63. The second-order valence-electron chi connectivity index (χ2n) is 2.33. The summed E-state index contributed by atoms with van der Waals surface area (Å²) in [4.78, 5) is 3.20. The van der Waals surface area contributed by atoms with Crippen molar-refractivity contribution in [3.8, 4) is 0 Å². The van der Waals surface area contributed by atoms with E-state index in [1.807, 2.05) is 24.0 Å². The molecule has 0 bridgehead atoms. The van der Waals surface area contributed by atoms with Gasteiger partial charge >= 0.3 is 0 Å². The molecular weight excluding hydrogens is 144 g/mol. The fraction of sp³-hybridized carbons (Fsp3) is 0.429. The van der Waals surface area contributed by atoms with Crippen LogP contribution in [0.1, 0.15) is 11.1 Å². The lowest BCUT2D eigenvalue weighted by Gasteiger charge is -2.04. The largest absolute Gasteiger partial charge is 0.363 e. The topological polar surface area (TPSA) is 27.8 Å². The highest BCUT2D eigenvalue weighted by Gasteiger charge is 2.16. The third kappa shape index (κ3) is 1.07. The summed E-state index contributed by atoms with van der Waals surface area (Å²) in [5.41, 5.74) is 1.29. The van der Waals surface area contributed by atoms with E-state index >= 15 is 0 Å². The number of nitrogens with one attached hydrogen (secondary N) is 2. The van der Waals surface area contributed by atoms with Gasteiger partial charge in [0, 0.05) is 24.2 Å². The number of aromatic nitrogens is 1. The molecule has 0 saturated carbocycles. The predicted octanol–water partition coefficient (Wildman–Crippen LogP) is 1.35. The van der Waals surface area contributed by atoms with Crippen molar-refractivity contribution in [2.24, 2.45) is 0 Å². The van der Waals surface area contributed by atoms with Crippen LogP contribution >= 0.6 is 11.8 Å². The SMILES string of the molecule is c1c[nH]c(C2NCCS2)c1. The van der Waals surface area contributed by atoms with Crippen LogP contribution < -0.4 is 5.32 Å². The highest BCUT2D eigenvalue weighted by atomic mass is 32.2. The number of thioether (sulfide) groups is 1. The Morgan fingerprint density at radius 3 is 3.20 bits per heavy atom. The zero-order chi connectivity index (χ0) is 6.81. The first kappa shape index (κ1) is 6.31. The second kappa shape index (κ2) is 2.68. The molecule has 2 N–H and O–H groups in total. The predicted molar refractivity (Wildman–Crippen MR) is 44.0 cm³/mol. The van der Waals surface area contributed by atoms with Crippen molar-refractivity contribution in [2.75, 3.05) is 12.3 Å². The Morgan fingerprint density at radius 2 is 2.60 bits per heavy atom. The van der Waals surface area contributed by atoms with Gasteiger partial charge in [-0.25, -0.2) is 0 Å². The van der Waals surface area contributed by atoms with Crippen LogP contribution in [0.2, 0.25) is 0 Å². The molecule has 1 aliphatic rings. The third-order valence-electron chi connectivity index (χ3n) is 1.62. The van der Waals surface area contributed by atoms with E-state index in [2.05, 4.69) is 16.4 Å². The number of rotatable bonds is 1. The van der Waals surface area contributed by atoms with Gasteiger partial charge < -0.3 is 4.98 Å². The molecule has 0 aliphatic carbocycles. The van der Waals surface area contributed by atoms with E-state index in [0.29, 0.717) is 5.37 Å². The number of hydrogen-bond acceptors (Lipinski definition) is 2. The molecule has 1 aromatic heterocycles. The summed E-state index contributed by atoms with van der Waals surface area (Å²) in [5, 5.41) is 3.90. The van der Waals surface area contributed by atoms with Crippen LogP contribution in [0.15, 0.2) is 18.3 Å². The van der Waals surface area contributed by atoms with Crippen molar-refractivity contribution in [3.05, 3.63) is 24.0 Å². The Hall–Kier alpha value is -0.410. The summed E-state index contributed by atoms with van der Waals surface area (Å²) in [5.74, 6) is 1.23. The van der Waals surface area contributed by atoms with Crippen LogP contribution in [-0.2, 0) is 0 Å². The normalized spacial score (nSPS) is 25.4. The lowest BCUT2D eigenvalue weighted by molar-refractivity contribution is 0.736. The van der Waals surface area contributed by atoms with Crippen LogP contribution in [-0.4, -0.2) is 17.3 Å². The second-order valence-corrected chi connectivity index (χ2v) is 3.54. The molecular formula is C7H10N2S. The minimum Gasteiger partial charge on any atom is -0.363 e. The van der Waals surface area contributed by atoms with E-state index in [0.717, 1.165) is 6.54 Å². The van der Waals surface area contributed by atoms with Crippen LogP contribution in [0.4, 0.5) is 0 Å². The summed E-state index contributed by atoms with van der Waals surface area (Å²) in [7, 11) is 0. The summed E-state index contributed by atoms with van der Waals surface area (Å²) in [6, 6.07) is 4.16. The minimum atomic E-state index is 0.509. The average molecular weight is 154 g/mol. The van der Waals surface area contributed by atoms with Crippen LogP contribution in [0.5, 0.6) is 0 Å². The third-order valence-corrected chi connectivity index (χ3v) is 2.81. The van der Waals surface area contributed by atoms with E-state index in [1.165, 1.54) is 11.4 Å². The summed E-state index contributed by atoms with van der Waals surface area (Å²) in [6.45, 7) is 1.13. The van der Waals surface area contributed by atoms with Crippen LogP contribution in [0.25, 0.3) is 0 Å². The monoisotopic (exact) mass is 154 g/mol. The van der Waals surface area contributed by atoms with Crippen molar-refractivity contribution in [1.82, 2.24) is 10.3 Å². The Kier molecular flexibility index (Phi) is 1.69. The van der Waals surface area contributed by atoms with Crippen molar-refractivity contribution < 1.29 is 0 Å². The molecule has 0 radical (unpaired) electrons. The van der Waals surface area contributed by atoms with Gasteiger partial charge in [0.05, 0.1) is 5.37 Å². The first-order chi connectivity index (χ1) is 4.97. The van der Waals surface area contributed by atoms with E-state index in [1.54, 1.807) is 0 Å². The number of aromatic amines is 1. The molecule has 0 aromatic carbocycles. The van der Waals surface area contributed by atoms with Gasteiger partial charge in [0.25, 0.3) is 0 Å². The molecule has 2 rings (SSSR count). The highest BCUT2D eigenvalue weighted by Crippen LogP contribution is 2.27. The molecule has 1 unspecified atom stereocenters. The molecule has 1 aromatic rings. The van der Waals surface area contributed by atoms with E-state index in [9.17, 15) is 0 Å². The molecule has 1 aliphatic heterocycles. The minimum absolute atomic E-state index is 0.509. The quantitative estimate of drug-likeness (QED) is 0.639. The van der Waals surface area contributed by atoms with Crippen molar-refractivity contribution in [3.63, 3.8) is 0 Å². The van der Waals surface area contributed by atoms with Gasteiger partial charge in [0.15, 0.2) is 0 Å². The molecule has 0 amide bonds. The molecule has 1 fully saturated rings. The Morgan fingerprint density at radius 1 is 1.60 bits per heavy atom. The fourth-order valence-electron chi connectivity index (χ4n) is 1.13. The Balaban J connectivity index is 2.12. The Bertz CT molecular complexity index is 189. The molecule has 3 heteroatoms. The van der Waals surface area contributed by atoms with Gasteiger partial charge in [-0.3, -0.25) is 5.32 Å². The fourth-order valence-corrected chi connectivity index (χ4v) is 2.17. The van der Waals surface area contributed by atoms with E-state index in [4.69, 9.17) is 0 Å². The van der Waals surface area contributed by atoms with Crippen LogP contribution in [0, 0.1) is 0 Å². The van der Waals surface area contributed by atoms with E-state index < -0.39 is 0 Å². The first-order valence-corrected chi connectivity index (χ1v) is 4.50. The summed E-state index contributed by atoms with van der Waals surface area (Å²) in [6.07, 6.45) is 1.97. The maximum Gasteiger partial charge on any atom is 0.0940 e. The maximum absolute atomic E-state index is 3.39. The Labute approximate surface area is 64.4 Å². The lowest BCUT2D eigenvalue weighted by Crippen LogP contribution is -2.11. The molecule has 1 saturated heterocycles. The van der Waals surface area contributed by atoms with Crippen molar-refractivity contribution in [1.29, 1.82) is 0 Å². The summed E-state index contributed by atoms with van der Waals surface area (Å²) >= 11 is 1.96. The smallest absolute Gasteiger partial charge is 0.0940 e. The highest BCUT2D eigenvalue weighted by molar-refractivity contribution is 7.99. The first-order valence-electron chi connectivity index (χ1n) is 3.45. The van der Waals surface area contributed by atoms with Gasteiger partial charge in [-0.15, -0.1) is 11.8 Å². The lowest BCUT2D eigenvalue weighted by atomic mass is 10.4. The molecule has 0 spiro atoms. The molecule has 10 heavy (non-hydrogen) atoms. The van der Waals surface area contributed by atoms with E-state index in [-0.39, 0.29) is 0 Å². The number of H-pyrrole nitrogens is 1. The van der Waals surface area contributed by atoms with Gasteiger partial charge in [0.1, 0.15) is 0 Å². The molecule has 54 valence electrons. The standard InChI is InChI=1S/C7H10N2S/c1-2-6(8-3-1)7-9-4-5-10-7/h1-3,7-9H,4-5H2. The van der Waals surface area contributed by atoms with Crippen molar-refractivity contribution in [2.45, 2.75) is 5.37 Å². The maximum atomic E-state index is 3.39. The molecule has 2 nitrogen and oxygen atoms in total. The van der Waals surface area contributed by atoms with Gasteiger partial charge in [-0.05, 0) is 12.1 Å². The van der Waals surface area contributed by atoms with Gasteiger partial charge in [-0.1, -0.05) is 0 Å². The van der Waals surface area contributed by atoms with Crippen LogP contribution in [0.3, 0.4) is 0 Å².